The Labute approximate surface area is 127 Å². The number of carbonyl (C=O) groups excluding carboxylic acids is 1. The molecule has 3 N–H and O–H groups in total. The molecule has 0 spiro atoms. The van der Waals surface area contributed by atoms with Crippen LogP contribution in [0.3, 0.4) is 0 Å². The quantitative estimate of drug-likeness (QED) is 0.598. The van der Waals surface area contributed by atoms with Crippen LogP contribution < -0.4 is 11.3 Å². The molecule has 0 aliphatic heterocycles. The van der Waals surface area contributed by atoms with Crippen molar-refractivity contribution in [3.05, 3.63) is 23.4 Å². The van der Waals surface area contributed by atoms with Gasteiger partial charge in [0.1, 0.15) is 5.82 Å². The zero-order valence-electron chi connectivity index (χ0n) is 13.8. The maximum Gasteiger partial charge on any atom is 0.254 e. The molecule has 1 unspecified atom stereocenters. The smallest absolute Gasteiger partial charge is 0.254 e. The maximum atomic E-state index is 12.7. The number of hydrogen-bond acceptors (Lipinski definition) is 4. The normalized spacial score (nSPS) is 12.3. The lowest BCUT2D eigenvalue weighted by molar-refractivity contribution is 0.0740. The highest BCUT2D eigenvalue weighted by molar-refractivity contribution is 5.95. The number of rotatable bonds is 7. The predicted molar refractivity (Wildman–Crippen MR) is 87.2 cm³/mol. The van der Waals surface area contributed by atoms with Crippen LogP contribution in [0, 0.1) is 5.92 Å². The summed E-state index contributed by atoms with van der Waals surface area (Å²) in [6.07, 6.45) is 1.06. The van der Waals surface area contributed by atoms with E-state index in [1.807, 2.05) is 31.7 Å². The van der Waals surface area contributed by atoms with Crippen LogP contribution in [0.5, 0.6) is 0 Å². The molecule has 0 radical (unpaired) electrons. The van der Waals surface area contributed by atoms with Crippen LogP contribution in [0.25, 0.3) is 0 Å². The topological polar surface area (TPSA) is 71.2 Å². The second-order valence-corrected chi connectivity index (χ2v) is 5.82. The monoisotopic (exact) mass is 292 g/mol. The lowest BCUT2D eigenvalue weighted by Gasteiger charge is -2.24. The van der Waals surface area contributed by atoms with Gasteiger partial charge in [0, 0.05) is 24.3 Å². The molecule has 21 heavy (non-hydrogen) atoms. The van der Waals surface area contributed by atoms with Crippen molar-refractivity contribution in [3.63, 3.8) is 0 Å². The molecule has 1 aromatic rings. The number of pyridine rings is 1. The number of amides is 1. The molecule has 0 saturated heterocycles. The van der Waals surface area contributed by atoms with Crippen LogP contribution in [0.1, 0.15) is 63.0 Å². The first-order valence-electron chi connectivity index (χ1n) is 7.70. The predicted octanol–water partition coefficient (Wildman–Crippen LogP) is 3.00. The zero-order chi connectivity index (χ0) is 16.0. The van der Waals surface area contributed by atoms with E-state index in [0.717, 1.165) is 18.7 Å². The van der Waals surface area contributed by atoms with Gasteiger partial charge in [-0.05, 0) is 30.9 Å². The van der Waals surface area contributed by atoms with Gasteiger partial charge >= 0.3 is 0 Å². The van der Waals surface area contributed by atoms with Crippen LogP contribution in [0.4, 0.5) is 5.82 Å². The number of carbonyl (C=O) groups is 1. The van der Waals surface area contributed by atoms with Crippen molar-refractivity contribution < 1.29 is 4.79 Å². The average Bonchev–Trinajstić information content (AvgIpc) is 2.50. The van der Waals surface area contributed by atoms with E-state index in [1.165, 1.54) is 0 Å². The summed E-state index contributed by atoms with van der Waals surface area (Å²) in [5, 5.41) is 0. The number of nitrogens with zero attached hydrogens (tertiary/aromatic N) is 2. The van der Waals surface area contributed by atoms with Crippen LogP contribution in [0.15, 0.2) is 12.1 Å². The second kappa shape index (κ2) is 7.98. The fourth-order valence-corrected chi connectivity index (χ4v) is 2.09. The average molecular weight is 292 g/mol. The third kappa shape index (κ3) is 4.70. The molecule has 0 fully saturated rings. The fraction of sp³-hybridized carbons (Fsp3) is 0.625. The molecule has 0 aromatic carbocycles. The van der Waals surface area contributed by atoms with E-state index in [2.05, 4.69) is 24.3 Å². The van der Waals surface area contributed by atoms with E-state index in [1.54, 1.807) is 6.07 Å². The lowest BCUT2D eigenvalue weighted by Crippen LogP contribution is -2.34. The fourth-order valence-electron chi connectivity index (χ4n) is 2.09. The molecule has 1 rings (SSSR count). The summed E-state index contributed by atoms with van der Waals surface area (Å²) in [6.45, 7) is 11.9. The Morgan fingerprint density at radius 3 is 2.48 bits per heavy atom. The van der Waals surface area contributed by atoms with Gasteiger partial charge in [0.05, 0.1) is 0 Å². The van der Waals surface area contributed by atoms with Gasteiger partial charge < -0.3 is 10.3 Å². The number of nitrogens with two attached hydrogens (primary N) is 1. The van der Waals surface area contributed by atoms with E-state index in [9.17, 15) is 4.79 Å². The Balaban J connectivity index is 3.06. The van der Waals surface area contributed by atoms with Crippen molar-refractivity contribution >= 4 is 11.7 Å². The van der Waals surface area contributed by atoms with Crippen LogP contribution in [0.2, 0.25) is 0 Å². The summed E-state index contributed by atoms with van der Waals surface area (Å²) in [4.78, 5) is 19.0. The molecule has 0 aliphatic carbocycles. The first-order valence-corrected chi connectivity index (χ1v) is 7.70. The number of nitrogen functional groups attached to an aromatic ring is 1. The van der Waals surface area contributed by atoms with Crippen molar-refractivity contribution in [1.29, 1.82) is 0 Å². The largest absolute Gasteiger partial charge is 0.339 e. The third-order valence-corrected chi connectivity index (χ3v) is 3.73. The molecule has 1 aromatic heterocycles. The van der Waals surface area contributed by atoms with E-state index in [4.69, 9.17) is 5.84 Å². The molecule has 1 amide bonds. The summed E-state index contributed by atoms with van der Waals surface area (Å²) < 4.78 is 0. The van der Waals surface area contributed by atoms with Crippen LogP contribution in [-0.4, -0.2) is 28.9 Å². The van der Waals surface area contributed by atoms with E-state index >= 15 is 0 Å². The summed E-state index contributed by atoms with van der Waals surface area (Å²) in [5.74, 6) is 6.77. The highest BCUT2D eigenvalue weighted by Gasteiger charge is 2.18. The van der Waals surface area contributed by atoms with Gasteiger partial charge in [0.25, 0.3) is 5.91 Å². The molecule has 1 heterocycles. The minimum Gasteiger partial charge on any atom is -0.339 e. The first kappa shape index (κ1) is 17.4. The maximum absolute atomic E-state index is 12.7. The van der Waals surface area contributed by atoms with Gasteiger partial charge in [-0.2, -0.15) is 0 Å². The van der Waals surface area contributed by atoms with Crippen LogP contribution >= 0.6 is 0 Å². The standard InChI is InChI=1S/C16H28N4O/c1-6-12(5)10-20(7-2)16(21)13-8-14(11(3)4)18-15(9-13)19-17/h8-9,11-12H,6-7,10,17H2,1-5H3,(H,18,19). The Kier molecular flexibility index (Phi) is 6.62. The van der Waals surface area contributed by atoms with Gasteiger partial charge in [0.15, 0.2) is 0 Å². The number of aromatic nitrogens is 1. The third-order valence-electron chi connectivity index (χ3n) is 3.73. The molecule has 1 atom stereocenters. The van der Waals surface area contributed by atoms with Gasteiger partial charge in [-0.3, -0.25) is 4.79 Å². The zero-order valence-corrected chi connectivity index (χ0v) is 13.8. The van der Waals surface area contributed by atoms with E-state index in [-0.39, 0.29) is 11.8 Å². The first-order chi connectivity index (χ1) is 9.92. The Morgan fingerprint density at radius 2 is 2.00 bits per heavy atom. The number of hydrogen-bond donors (Lipinski definition) is 2. The number of nitrogens with one attached hydrogen (secondary N) is 1. The lowest BCUT2D eigenvalue weighted by atomic mass is 10.1. The molecular formula is C16H28N4O. The van der Waals surface area contributed by atoms with Crippen molar-refractivity contribution in [1.82, 2.24) is 9.88 Å². The minimum atomic E-state index is 0.0404. The molecule has 5 nitrogen and oxygen atoms in total. The molecule has 118 valence electrons. The van der Waals surface area contributed by atoms with Gasteiger partial charge in [-0.15, -0.1) is 0 Å². The summed E-state index contributed by atoms with van der Waals surface area (Å²) in [7, 11) is 0. The van der Waals surface area contributed by atoms with Crippen molar-refractivity contribution in [2.45, 2.75) is 47.0 Å². The highest BCUT2D eigenvalue weighted by Crippen LogP contribution is 2.19. The Hall–Kier alpha value is -1.62. The highest BCUT2D eigenvalue weighted by atomic mass is 16.2. The number of hydrazine groups is 1. The Bertz CT molecular complexity index is 473. The van der Waals surface area contributed by atoms with Crippen molar-refractivity contribution in [2.24, 2.45) is 11.8 Å². The van der Waals surface area contributed by atoms with Crippen LogP contribution in [-0.2, 0) is 0 Å². The molecule has 0 saturated carbocycles. The molecular weight excluding hydrogens is 264 g/mol. The second-order valence-electron chi connectivity index (χ2n) is 5.82. The van der Waals surface area contributed by atoms with E-state index in [0.29, 0.717) is 23.8 Å². The molecule has 5 heteroatoms. The minimum absolute atomic E-state index is 0.0404. The summed E-state index contributed by atoms with van der Waals surface area (Å²) >= 11 is 0. The van der Waals surface area contributed by atoms with Crippen molar-refractivity contribution in [2.75, 3.05) is 18.5 Å². The SMILES string of the molecule is CCC(C)CN(CC)C(=O)c1cc(NN)nc(C(C)C)c1. The summed E-state index contributed by atoms with van der Waals surface area (Å²) in [6, 6.07) is 3.58. The molecule has 0 aliphatic rings. The Morgan fingerprint density at radius 1 is 1.33 bits per heavy atom. The summed E-state index contributed by atoms with van der Waals surface area (Å²) in [5.41, 5.74) is 4.06. The van der Waals surface area contributed by atoms with Crippen molar-refractivity contribution in [3.8, 4) is 0 Å². The number of anilines is 1. The van der Waals surface area contributed by atoms with Gasteiger partial charge in [-0.25, -0.2) is 10.8 Å². The van der Waals surface area contributed by atoms with E-state index < -0.39 is 0 Å². The van der Waals surface area contributed by atoms with Gasteiger partial charge in [0.2, 0.25) is 0 Å². The molecule has 0 bridgehead atoms. The van der Waals surface area contributed by atoms with Gasteiger partial charge in [-0.1, -0.05) is 34.1 Å².